The minimum Gasteiger partial charge on any atom is -0.506 e. The smallest absolute Gasteiger partial charge is 0.274 e. The number of benzene rings is 2. The molecule has 3 aromatic rings. The zero-order chi connectivity index (χ0) is 15.7. The average molecular weight is 333 g/mol. The number of aromatic nitrogens is 1. The minimum atomic E-state index is -0.399. The van der Waals surface area contributed by atoms with Crippen LogP contribution < -0.4 is 5.32 Å². The first kappa shape index (κ1) is 14.6. The van der Waals surface area contributed by atoms with Crippen LogP contribution in [0.25, 0.3) is 10.9 Å². The number of hydrogen-bond donors (Lipinski definition) is 2. The van der Waals surface area contributed by atoms with Gasteiger partial charge in [0.15, 0.2) is 0 Å². The Bertz CT molecular complexity index is 881. The number of hydrogen-bond acceptors (Lipinski definition) is 3. The Kier molecular flexibility index (Phi) is 3.88. The van der Waals surface area contributed by atoms with Gasteiger partial charge in [0.25, 0.3) is 5.91 Å². The van der Waals surface area contributed by atoms with Gasteiger partial charge in [-0.05, 0) is 42.5 Å². The number of aromatic hydroxyl groups is 1. The predicted molar refractivity (Wildman–Crippen MR) is 87.8 cm³/mol. The second-order valence-corrected chi connectivity index (χ2v) is 5.47. The van der Waals surface area contributed by atoms with E-state index in [0.29, 0.717) is 21.1 Å². The summed E-state index contributed by atoms with van der Waals surface area (Å²) >= 11 is 11.9. The largest absolute Gasteiger partial charge is 0.506 e. The van der Waals surface area contributed by atoms with Crippen LogP contribution in [-0.4, -0.2) is 16.0 Å². The fourth-order valence-corrected chi connectivity index (χ4v) is 2.46. The number of nitrogens with zero attached hydrogens (tertiary/aromatic N) is 1. The van der Waals surface area contributed by atoms with Gasteiger partial charge < -0.3 is 10.4 Å². The number of carbonyl (C=O) groups is 1. The lowest BCUT2D eigenvalue weighted by atomic mass is 10.2. The SMILES string of the molecule is O=C(Nc1cccc(Cl)c1)c1ccc2c(Cl)ccc(O)c2n1. The first-order chi connectivity index (χ1) is 10.5. The summed E-state index contributed by atoms with van der Waals surface area (Å²) in [5.74, 6) is -0.430. The van der Waals surface area contributed by atoms with Gasteiger partial charge in [-0.2, -0.15) is 0 Å². The lowest BCUT2D eigenvalue weighted by Gasteiger charge is -2.07. The maximum Gasteiger partial charge on any atom is 0.274 e. The van der Waals surface area contributed by atoms with Gasteiger partial charge in [-0.1, -0.05) is 29.3 Å². The van der Waals surface area contributed by atoms with Gasteiger partial charge in [0.2, 0.25) is 0 Å². The monoisotopic (exact) mass is 332 g/mol. The van der Waals surface area contributed by atoms with Crippen LogP contribution in [-0.2, 0) is 0 Å². The number of carbonyl (C=O) groups excluding carboxylic acids is 1. The molecule has 4 nitrogen and oxygen atoms in total. The third kappa shape index (κ3) is 2.84. The molecule has 1 aromatic heterocycles. The number of fused-ring (bicyclic) bond motifs is 1. The summed E-state index contributed by atoms with van der Waals surface area (Å²) in [6.07, 6.45) is 0. The number of phenolic OH excluding ortho intramolecular Hbond substituents is 1. The molecule has 0 atom stereocenters. The van der Waals surface area contributed by atoms with E-state index in [9.17, 15) is 9.90 Å². The molecule has 0 spiro atoms. The van der Waals surface area contributed by atoms with Crippen LogP contribution in [0.3, 0.4) is 0 Å². The number of pyridine rings is 1. The van der Waals surface area contributed by atoms with Crippen LogP contribution in [0.2, 0.25) is 10.0 Å². The fraction of sp³-hybridized carbons (Fsp3) is 0. The van der Waals surface area contributed by atoms with Crippen molar-refractivity contribution in [2.45, 2.75) is 0 Å². The Morgan fingerprint density at radius 3 is 2.68 bits per heavy atom. The van der Waals surface area contributed by atoms with Gasteiger partial charge in [0.1, 0.15) is 17.0 Å². The predicted octanol–water partition coefficient (Wildman–Crippen LogP) is 4.50. The molecule has 1 amide bonds. The molecule has 0 radical (unpaired) electrons. The summed E-state index contributed by atoms with van der Waals surface area (Å²) in [4.78, 5) is 16.4. The van der Waals surface area contributed by atoms with E-state index >= 15 is 0 Å². The molecule has 6 heteroatoms. The molecular formula is C16H10Cl2N2O2. The Balaban J connectivity index is 1.96. The highest BCUT2D eigenvalue weighted by Crippen LogP contribution is 2.29. The maximum absolute atomic E-state index is 12.2. The summed E-state index contributed by atoms with van der Waals surface area (Å²) in [7, 11) is 0. The van der Waals surface area contributed by atoms with Gasteiger partial charge in [0.05, 0.1) is 5.02 Å². The number of anilines is 1. The second kappa shape index (κ2) is 5.83. The molecule has 0 saturated heterocycles. The van der Waals surface area contributed by atoms with E-state index < -0.39 is 5.91 Å². The zero-order valence-electron chi connectivity index (χ0n) is 11.2. The topological polar surface area (TPSA) is 62.2 Å². The van der Waals surface area contributed by atoms with E-state index in [0.717, 1.165) is 0 Å². The summed E-state index contributed by atoms with van der Waals surface area (Å²) in [6, 6.07) is 13.0. The summed E-state index contributed by atoms with van der Waals surface area (Å²) in [5, 5.41) is 14.1. The number of halogens is 2. The van der Waals surface area contributed by atoms with Crippen LogP contribution in [0, 0.1) is 0 Å². The standard InChI is InChI=1S/C16H10Cl2N2O2/c17-9-2-1-3-10(8-9)19-16(22)13-6-4-11-12(18)5-7-14(21)15(11)20-13/h1-8,21H,(H,19,22). The van der Waals surface area contributed by atoms with E-state index in [4.69, 9.17) is 23.2 Å². The van der Waals surface area contributed by atoms with Crippen LogP contribution in [0.1, 0.15) is 10.5 Å². The summed E-state index contributed by atoms with van der Waals surface area (Å²) < 4.78 is 0. The van der Waals surface area contributed by atoms with E-state index in [1.165, 1.54) is 6.07 Å². The average Bonchev–Trinajstić information content (AvgIpc) is 2.51. The van der Waals surface area contributed by atoms with Crippen molar-refractivity contribution in [2.24, 2.45) is 0 Å². The van der Waals surface area contributed by atoms with Crippen LogP contribution in [0.4, 0.5) is 5.69 Å². The number of amides is 1. The summed E-state index contributed by atoms with van der Waals surface area (Å²) in [5.41, 5.74) is 1.02. The van der Waals surface area contributed by atoms with Crippen molar-refractivity contribution < 1.29 is 9.90 Å². The van der Waals surface area contributed by atoms with E-state index in [2.05, 4.69) is 10.3 Å². The van der Waals surface area contributed by atoms with Crippen molar-refractivity contribution >= 4 is 45.7 Å². The molecule has 0 aliphatic rings. The fourth-order valence-electron chi connectivity index (χ4n) is 2.06. The van der Waals surface area contributed by atoms with E-state index in [1.54, 1.807) is 42.5 Å². The molecule has 0 aliphatic carbocycles. The van der Waals surface area contributed by atoms with Gasteiger partial charge in [-0.15, -0.1) is 0 Å². The van der Waals surface area contributed by atoms with Crippen molar-refractivity contribution in [2.75, 3.05) is 5.32 Å². The number of rotatable bonds is 2. The molecule has 110 valence electrons. The second-order valence-electron chi connectivity index (χ2n) is 4.62. The lowest BCUT2D eigenvalue weighted by molar-refractivity contribution is 0.102. The molecule has 1 heterocycles. The molecule has 0 unspecified atom stereocenters. The lowest BCUT2D eigenvalue weighted by Crippen LogP contribution is -2.13. The molecule has 0 aliphatic heterocycles. The third-order valence-corrected chi connectivity index (χ3v) is 3.66. The van der Waals surface area contributed by atoms with Crippen LogP contribution >= 0.6 is 23.2 Å². The highest BCUT2D eigenvalue weighted by molar-refractivity contribution is 6.35. The molecule has 22 heavy (non-hydrogen) atoms. The highest BCUT2D eigenvalue weighted by Gasteiger charge is 2.12. The first-order valence-electron chi connectivity index (χ1n) is 6.40. The van der Waals surface area contributed by atoms with Crippen molar-refractivity contribution in [3.05, 3.63) is 64.3 Å². The molecule has 2 aromatic carbocycles. The third-order valence-electron chi connectivity index (χ3n) is 3.10. The molecule has 0 bridgehead atoms. The van der Waals surface area contributed by atoms with Crippen molar-refractivity contribution in [3.63, 3.8) is 0 Å². The van der Waals surface area contributed by atoms with Gasteiger partial charge in [-0.25, -0.2) is 4.98 Å². The molecule has 0 fully saturated rings. The van der Waals surface area contributed by atoms with Gasteiger partial charge in [-0.3, -0.25) is 4.79 Å². The Morgan fingerprint density at radius 2 is 1.91 bits per heavy atom. The Labute approximate surface area is 136 Å². The number of nitrogens with one attached hydrogen (secondary N) is 1. The number of phenols is 1. The van der Waals surface area contributed by atoms with Crippen molar-refractivity contribution in [1.29, 1.82) is 0 Å². The molecule has 2 N–H and O–H groups in total. The minimum absolute atomic E-state index is 0.0307. The van der Waals surface area contributed by atoms with E-state index in [-0.39, 0.29) is 17.0 Å². The molecule has 0 saturated carbocycles. The Morgan fingerprint density at radius 1 is 1.09 bits per heavy atom. The summed E-state index contributed by atoms with van der Waals surface area (Å²) in [6.45, 7) is 0. The quantitative estimate of drug-likeness (QED) is 0.726. The Hall–Kier alpha value is -2.30. The van der Waals surface area contributed by atoms with Gasteiger partial charge in [0, 0.05) is 16.1 Å². The highest BCUT2D eigenvalue weighted by atomic mass is 35.5. The normalized spacial score (nSPS) is 10.6. The van der Waals surface area contributed by atoms with Crippen LogP contribution in [0.15, 0.2) is 48.5 Å². The van der Waals surface area contributed by atoms with Crippen LogP contribution in [0.5, 0.6) is 5.75 Å². The molecular weight excluding hydrogens is 323 g/mol. The maximum atomic E-state index is 12.2. The molecule has 3 rings (SSSR count). The van der Waals surface area contributed by atoms with Crippen molar-refractivity contribution in [3.8, 4) is 5.75 Å². The van der Waals surface area contributed by atoms with Gasteiger partial charge >= 0.3 is 0 Å². The van der Waals surface area contributed by atoms with Crippen molar-refractivity contribution in [1.82, 2.24) is 4.98 Å². The zero-order valence-corrected chi connectivity index (χ0v) is 12.7. The van der Waals surface area contributed by atoms with E-state index in [1.807, 2.05) is 0 Å². The first-order valence-corrected chi connectivity index (χ1v) is 7.15.